The normalized spacial score (nSPS) is 13.5. The van der Waals surface area contributed by atoms with Crippen LogP contribution in [0.2, 0.25) is 0 Å². The summed E-state index contributed by atoms with van der Waals surface area (Å²) >= 11 is 0. The van der Waals surface area contributed by atoms with Gasteiger partial charge in [0.15, 0.2) is 0 Å². The van der Waals surface area contributed by atoms with Crippen LogP contribution in [0.15, 0.2) is 67.3 Å². The zero-order valence-electron chi connectivity index (χ0n) is 18.2. The fourth-order valence-electron chi connectivity index (χ4n) is 3.81. The summed E-state index contributed by atoms with van der Waals surface area (Å²) in [6.07, 6.45) is 7.21. The predicted molar refractivity (Wildman–Crippen MR) is 125 cm³/mol. The van der Waals surface area contributed by atoms with Crippen molar-refractivity contribution in [2.24, 2.45) is 0 Å². The first-order valence-electron chi connectivity index (χ1n) is 10.7. The number of aromatic nitrogens is 4. The van der Waals surface area contributed by atoms with Gasteiger partial charge in [-0.25, -0.2) is 14.5 Å². The van der Waals surface area contributed by atoms with E-state index >= 15 is 0 Å². The molecule has 0 unspecified atom stereocenters. The summed E-state index contributed by atoms with van der Waals surface area (Å²) in [7, 11) is 1.63. The lowest BCUT2D eigenvalue weighted by molar-refractivity contribution is -0.125. The maximum absolute atomic E-state index is 12.4. The van der Waals surface area contributed by atoms with Gasteiger partial charge in [-0.1, -0.05) is 24.1 Å². The van der Waals surface area contributed by atoms with Crippen molar-refractivity contribution in [1.82, 2.24) is 24.5 Å². The van der Waals surface area contributed by atoms with Crippen molar-refractivity contribution in [2.45, 2.75) is 0 Å². The molecule has 1 aliphatic heterocycles. The largest absolute Gasteiger partial charge is 0.495 e. The third kappa shape index (κ3) is 4.34. The summed E-state index contributed by atoms with van der Waals surface area (Å²) in [5, 5.41) is 4.30. The van der Waals surface area contributed by atoms with Gasteiger partial charge >= 0.3 is 0 Å². The Morgan fingerprint density at radius 1 is 1.03 bits per heavy atom. The molecule has 33 heavy (non-hydrogen) atoms. The van der Waals surface area contributed by atoms with Gasteiger partial charge in [-0.3, -0.25) is 4.79 Å². The Balaban J connectivity index is 1.26. The third-order valence-corrected chi connectivity index (χ3v) is 5.60. The predicted octanol–water partition coefficient (Wildman–Crippen LogP) is 2.50. The maximum Gasteiger partial charge on any atom is 0.298 e. The Hall–Kier alpha value is -4.38. The van der Waals surface area contributed by atoms with Gasteiger partial charge in [0.2, 0.25) is 5.95 Å². The first-order chi connectivity index (χ1) is 16.2. The molecular weight excluding hydrogens is 416 g/mol. The second-order valence-electron chi connectivity index (χ2n) is 7.62. The molecule has 164 valence electrons. The molecule has 1 fully saturated rings. The van der Waals surface area contributed by atoms with Crippen molar-refractivity contribution >= 4 is 17.4 Å². The van der Waals surface area contributed by atoms with Crippen LogP contribution in [0.1, 0.15) is 5.56 Å². The molecule has 5 rings (SSSR count). The minimum absolute atomic E-state index is 0.155. The zero-order chi connectivity index (χ0) is 22.6. The molecule has 8 nitrogen and oxygen atoms in total. The van der Waals surface area contributed by atoms with E-state index in [2.05, 4.69) is 31.8 Å². The van der Waals surface area contributed by atoms with Gasteiger partial charge in [-0.15, -0.1) is 0 Å². The van der Waals surface area contributed by atoms with Gasteiger partial charge in [-0.2, -0.15) is 5.10 Å². The summed E-state index contributed by atoms with van der Waals surface area (Å²) < 4.78 is 7.17. The highest BCUT2D eigenvalue weighted by atomic mass is 16.5. The lowest BCUT2D eigenvalue weighted by Gasteiger charge is -2.33. The molecule has 8 heteroatoms. The van der Waals surface area contributed by atoms with Crippen molar-refractivity contribution < 1.29 is 9.53 Å². The van der Waals surface area contributed by atoms with E-state index in [-0.39, 0.29) is 5.91 Å². The Bertz CT molecular complexity index is 1330. The summed E-state index contributed by atoms with van der Waals surface area (Å²) in [5.74, 6) is 6.87. The lowest BCUT2D eigenvalue weighted by atomic mass is 10.1. The van der Waals surface area contributed by atoms with Crippen molar-refractivity contribution in [1.29, 1.82) is 0 Å². The standard InChI is InChI=1S/C25H22N6O2/c1-33-21-15-22(23-9-10-28-31(23)18-21)20-16-26-25(27-17-20)30-13-11-29(12-14-30)24(32)8-7-19-5-3-2-4-6-19/h2-6,9-10,15-18H,11-14H2,1H3. The molecule has 1 aromatic carbocycles. The molecule has 0 bridgehead atoms. The molecule has 1 saturated heterocycles. The van der Waals surface area contributed by atoms with Crippen molar-refractivity contribution in [3.05, 3.63) is 72.8 Å². The van der Waals surface area contributed by atoms with Crippen LogP contribution in [-0.2, 0) is 4.79 Å². The smallest absolute Gasteiger partial charge is 0.298 e. The number of carbonyl (C=O) groups excluding carboxylic acids is 1. The number of amides is 1. The molecule has 0 saturated carbocycles. The molecule has 0 radical (unpaired) electrons. The van der Waals surface area contributed by atoms with Gasteiger partial charge in [-0.05, 0) is 24.3 Å². The maximum atomic E-state index is 12.4. The van der Waals surface area contributed by atoms with Crippen LogP contribution in [-0.4, -0.2) is 63.7 Å². The third-order valence-electron chi connectivity index (χ3n) is 5.60. The van der Waals surface area contributed by atoms with E-state index in [1.54, 1.807) is 22.7 Å². The highest BCUT2D eigenvalue weighted by molar-refractivity contribution is 5.94. The number of methoxy groups -OCH3 is 1. The number of benzene rings is 1. The van der Waals surface area contributed by atoms with E-state index < -0.39 is 0 Å². The Kier molecular flexibility index (Phi) is 5.60. The molecule has 0 atom stereocenters. The average Bonchev–Trinajstić information content (AvgIpc) is 3.36. The van der Waals surface area contributed by atoms with E-state index in [0.29, 0.717) is 37.9 Å². The highest BCUT2D eigenvalue weighted by Gasteiger charge is 2.22. The number of piperazine rings is 1. The van der Waals surface area contributed by atoms with E-state index in [1.165, 1.54) is 0 Å². The van der Waals surface area contributed by atoms with Gasteiger partial charge in [0, 0.05) is 61.2 Å². The molecule has 0 N–H and O–H groups in total. The van der Waals surface area contributed by atoms with Gasteiger partial charge in [0.25, 0.3) is 5.91 Å². The fraction of sp³-hybridized carbons (Fsp3) is 0.200. The minimum Gasteiger partial charge on any atom is -0.495 e. The van der Waals surface area contributed by atoms with E-state index in [9.17, 15) is 4.79 Å². The number of carbonyl (C=O) groups is 1. The lowest BCUT2D eigenvalue weighted by Crippen LogP contribution is -2.49. The average molecular weight is 438 g/mol. The number of fused-ring (bicyclic) bond motifs is 1. The SMILES string of the molecule is COc1cc(-c2cnc(N3CCN(C(=O)C#Cc4ccccc4)CC3)nc2)c2ccnn2c1. The molecule has 0 aliphatic carbocycles. The topological polar surface area (TPSA) is 75.9 Å². The van der Waals surface area contributed by atoms with Gasteiger partial charge in [0.1, 0.15) is 5.75 Å². The molecule has 0 spiro atoms. The van der Waals surface area contributed by atoms with Crippen molar-refractivity contribution in [3.8, 4) is 28.7 Å². The zero-order valence-corrected chi connectivity index (χ0v) is 18.2. The Morgan fingerprint density at radius 2 is 1.79 bits per heavy atom. The second kappa shape index (κ2) is 9.01. The minimum atomic E-state index is -0.155. The molecule has 4 aromatic rings. The van der Waals surface area contributed by atoms with Crippen molar-refractivity contribution in [2.75, 3.05) is 38.2 Å². The van der Waals surface area contributed by atoms with Crippen LogP contribution in [0.5, 0.6) is 5.75 Å². The van der Waals surface area contributed by atoms with Crippen LogP contribution in [0.4, 0.5) is 5.95 Å². The van der Waals surface area contributed by atoms with E-state index in [4.69, 9.17) is 4.74 Å². The van der Waals surface area contributed by atoms with Crippen LogP contribution in [0.25, 0.3) is 16.6 Å². The van der Waals surface area contributed by atoms with Crippen LogP contribution < -0.4 is 9.64 Å². The molecular formula is C25H22N6O2. The quantitative estimate of drug-likeness (QED) is 0.458. The summed E-state index contributed by atoms with van der Waals surface area (Å²) in [6.45, 7) is 2.48. The number of hydrogen-bond acceptors (Lipinski definition) is 6. The molecule has 4 heterocycles. The van der Waals surface area contributed by atoms with Gasteiger partial charge < -0.3 is 14.5 Å². The van der Waals surface area contributed by atoms with Gasteiger partial charge in [0.05, 0.1) is 25.0 Å². The number of nitrogens with zero attached hydrogens (tertiary/aromatic N) is 6. The van der Waals surface area contributed by atoms with Crippen LogP contribution in [0.3, 0.4) is 0 Å². The van der Waals surface area contributed by atoms with E-state index in [1.807, 2.05) is 61.1 Å². The molecule has 1 aliphatic rings. The summed E-state index contributed by atoms with van der Waals surface area (Å²) in [5.41, 5.74) is 3.62. The van der Waals surface area contributed by atoms with Crippen molar-refractivity contribution in [3.63, 3.8) is 0 Å². The van der Waals surface area contributed by atoms with E-state index in [0.717, 1.165) is 22.2 Å². The highest BCUT2D eigenvalue weighted by Crippen LogP contribution is 2.28. The number of ether oxygens (including phenoxy) is 1. The fourth-order valence-corrected chi connectivity index (χ4v) is 3.81. The summed E-state index contributed by atoms with van der Waals surface area (Å²) in [6, 6.07) is 13.4. The number of hydrogen-bond donors (Lipinski definition) is 0. The first-order valence-corrected chi connectivity index (χ1v) is 10.7. The number of pyridine rings is 1. The second-order valence-corrected chi connectivity index (χ2v) is 7.62. The Labute approximate surface area is 191 Å². The summed E-state index contributed by atoms with van der Waals surface area (Å²) in [4.78, 5) is 25.5. The number of rotatable bonds is 3. The monoisotopic (exact) mass is 438 g/mol. The molecule has 1 amide bonds. The van der Waals surface area contributed by atoms with Crippen LogP contribution in [0, 0.1) is 11.8 Å². The Morgan fingerprint density at radius 3 is 2.52 bits per heavy atom. The van der Waals surface area contributed by atoms with Crippen LogP contribution >= 0.6 is 0 Å². The molecule has 3 aromatic heterocycles. The number of anilines is 1. The first kappa shape index (κ1) is 20.5.